The van der Waals surface area contributed by atoms with Gasteiger partial charge in [-0.3, -0.25) is 19.4 Å². The Hall–Kier alpha value is -4.08. The fourth-order valence-electron chi connectivity index (χ4n) is 5.32. The number of benzene rings is 2. The molecule has 0 radical (unpaired) electrons. The van der Waals surface area contributed by atoms with Crippen molar-refractivity contribution in [3.05, 3.63) is 59.7 Å². The summed E-state index contributed by atoms with van der Waals surface area (Å²) in [6, 6.07) is 14.1. The molecular formula is C26H28N4O6. The summed E-state index contributed by atoms with van der Waals surface area (Å²) >= 11 is 0. The van der Waals surface area contributed by atoms with E-state index < -0.39 is 11.1 Å². The number of fused-ring (bicyclic) bond motifs is 4. The Morgan fingerprint density at radius 1 is 0.694 bits per heavy atom. The fourth-order valence-corrected chi connectivity index (χ4v) is 5.32. The van der Waals surface area contributed by atoms with Gasteiger partial charge in [0.05, 0.1) is 13.2 Å². The first-order valence-corrected chi connectivity index (χ1v) is 12.1. The second kappa shape index (κ2) is 8.85. The molecule has 0 unspecified atom stereocenters. The number of nitrogens with one attached hydrogen (secondary N) is 2. The zero-order valence-corrected chi connectivity index (χ0v) is 20.2. The number of rotatable bonds is 2. The Morgan fingerprint density at radius 3 is 1.44 bits per heavy atom. The van der Waals surface area contributed by atoms with E-state index in [-0.39, 0.29) is 23.9 Å². The average Bonchev–Trinajstić information content (AvgIpc) is 3.28. The quantitative estimate of drug-likeness (QED) is 0.622. The van der Waals surface area contributed by atoms with Gasteiger partial charge < -0.3 is 20.1 Å². The zero-order chi connectivity index (χ0) is 25.5. The molecule has 10 nitrogen and oxygen atoms in total. The van der Waals surface area contributed by atoms with Crippen LogP contribution in [-0.2, 0) is 20.7 Å². The van der Waals surface area contributed by atoms with Crippen LogP contribution in [0.25, 0.3) is 0 Å². The second-order valence-electron chi connectivity index (χ2n) is 8.96. The molecule has 0 aromatic heterocycles. The van der Waals surface area contributed by atoms with E-state index >= 15 is 0 Å². The lowest BCUT2D eigenvalue weighted by Gasteiger charge is -2.33. The Morgan fingerprint density at radius 2 is 1.08 bits per heavy atom. The van der Waals surface area contributed by atoms with E-state index in [0.717, 1.165) is 11.1 Å². The minimum absolute atomic E-state index is 0.175. The summed E-state index contributed by atoms with van der Waals surface area (Å²) in [7, 11) is 0. The van der Waals surface area contributed by atoms with Crippen LogP contribution < -0.4 is 20.1 Å². The first kappa shape index (κ1) is 23.7. The van der Waals surface area contributed by atoms with Gasteiger partial charge in [-0.1, -0.05) is 36.4 Å². The highest BCUT2D eigenvalue weighted by atomic mass is 16.5. The number of amides is 6. The SMILES string of the molecule is CCN1C(=O)N[C@@]2(CCOc3ccccc32)C1=O.CCN1C(=O)N[C@]2(CCOc3ccccc32)C1=O. The van der Waals surface area contributed by atoms with Crippen LogP contribution in [0.1, 0.15) is 37.8 Å². The van der Waals surface area contributed by atoms with Gasteiger partial charge in [-0.25, -0.2) is 9.59 Å². The van der Waals surface area contributed by atoms with Gasteiger partial charge >= 0.3 is 12.1 Å². The van der Waals surface area contributed by atoms with Crippen molar-refractivity contribution in [3.8, 4) is 11.5 Å². The van der Waals surface area contributed by atoms with Crippen LogP contribution in [0.5, 0.6) is 11.5 Å². The van der Waals surface area contributed by atoms with Crippen molar-refractivity contribution < 1.29 is 28.7 Å². The average molecular weight is 493 g/mol. The molecule has 2 saturated heterocycles. The first-order chi connectivity index (χ1) is 17.4. The summed E-state index contributed by atoms with van der Waals surface area (Å²) in [5.74, 6) is 1.00. The summed E-state index contributed by atoms with van der Waals surface area (Å²) in [4.78, 5) is 51.2. The lowest BCUT2D eigenvalue weighted by molar-refractivity contribution is -0.133. The Balaban J connectivity index is 0.000000148. The molecule has 2 aromatic carbocycles. The lowest BCUT2D eigenvalue weighted by Crippen LogP contribution is -2.47. The highest BCUT2D eigenvalue weighted by Gasteiger charge is 2.55. The molecule has 36 heavy (non-hydrogen) atoms. The number of ether oxygens (including phenoxy) is 2. The van der Waals surface area contributed by atoms with Crippen LogP contribution in [0.15, 0.2) is 48.5 Å². The van der Waals surface area contributed by atoms with Crippen molar-refractivity contribution >= 4 is 23.9 Å². The number of hydrogen-bond acceptors (Lipinski definition) is 6. The molecule has 0 aliphatic carbocycles. The van der Waals surface area contributed by atoms with Crippen molar-refractivity contribution in [3.63, 3.8) is 0 Å². The molecule has 2 spiro atoms. The maximum Gasteiger partial charge on any atom is 0.325 e. The van der Waals surface area contributed by atoms with E-state index in [9.17, 15) is 19.2 Å². The van der Waals surface area contributed by atoms with Gasteiger partial charge in [0.1, 0.15) is 11.5 Å². The van der Waals surface area contributed by atoms with Crippen LogP contribution >= 0.6 is 0 Å². The highest BCUT2D eigenvalue weighted by Crippen LogP contribution is 2.42. The smallest absolute Gasteiger partial charge is 0.325 e. The Labute approximate surface area is 208 Å². The molecule has 4 aliphatic rings. The van der Waals surface area contributed by atoms with Gasteiger partial charge in [0.15, 0.2) is 11.1 Å². The molecule has 4 aliphatic heterocycles. The molecular weight excluding hydrogens is 464 g/mol. The monoisotopic (exact) mass is 492 g/mol. The van der Waals surface area contributed by atoms with Gasteiger partial charge in [-0.15, -0.1) is 0 Å². The lowest BCUT2D eigenvalue weighted by atomic mass is 9.84. The van der Waals surface area contributed by atoms with Crippen LogP contribution in [0, 0.1) is 0 Å². The second-order valence-corrected chi connectivity index (χ2v) is 8.96. The predicted octanol–water partition coefficient (Wildman–Crippen LogP) is 2.47. The predicted molar refractivity (Wildman–Crippen MR) is 128 cm³/mol. The highest BCUT2D eigenvalue weighted by molar-refractivity contribution is 6.08. The van der Waals surface area contributed by atoms with E-state index in [2.05, 4.69) is 10.6 Å². The fraction of sp³-hybridized carbons (Fsp3) is 0.385. The molecule has 10 heteroatoms. The summed E-state index contributed by atoms with van der Waals surface area (Å²) in [5, 5.41) is 5.67. The van der Waals surface area contributed by atoms with Gasteiger partial charge in [-0.05, 0) is 26.0 Å². The van der Waals surface area contributed by atoms with Gasteiger partial charge in [-0.2, -0.15) is 0 Å². The van der Waals surface area contributed by atoms with Crippen LogP contribution in [0.2, 0.25) is 0 Å². The minimum Gasteiger partial charge on any atom is -0.493 e. The molecule has 188 valence electrons. The van der Waals surface area contributed by atoms with E-state index in [1.165, 1.54) is 9.80 Å². The summed E-state index contributed by atoms with van der Waals surface area (Å²) < 4.78 is 11.1. The summed E-state index contributed by atoms with van der Waals surface area (Å²) in [6.45, 7) is 5.22. The topological polar surface area (TPSA) is 117 Å². The van der Waals surface area contributed by atoms with Crippen molar-refractivity contribution in [2.24, 2.45) is 0 Å². The molecule has 2 fully saturated rings. The number of hydrogen-bond donors (Lipinski definition) is 2. The molecule has 6 rings (SSSR count). The number of carbonyl (C=O) groups excluding carboxylic acids is 4. The molecule has 4 heterocycles. The van der Waals surface area contributed by atoms with Gasteiger partial charge in [0.25, 0.3) is 11.8 Å². The number of para-hydroxylation sites is 2. The zero-order valence-electron chi connectivity index (χ0n) is 20.2. The number of imide groups is 2. The maximum atomic E-state index is 12.5. The molecule has 0 bridgehead atoms. The van der Waals surface area contributed by atoms with Crippen molar-refractivity contribution in [1.82, 2.24) is 20.4 Å². The number of nitrogens with zero attached hydrogens (tertiary/aromatic N) is 2. The van der Waals surface area contributed by atoms with E-state index in [1.807, 2.05) is 48.5 Å². The molecule has 2 aromatic rings. The van der Waals surface area contributed by atoms with Crippen molar-refractivity contribution in [2.45, 2.75) is 37.8 Å². The summed E-state index contributed by atoms with van der Waals surface area (Å²) in [5.41, 5.74) is -0.347. The molecule has 6 amide bonds. The van der Waals surface area contributed by atoms with Crippen molar-refractivity contribution in [2.75, 3.05) is 26.3 Å². The van der Waals surface area contributed by atoms with Gasteiger partial charge in [0.2, 0.25) is 0 Å². The third-order valence-corrected chi connectivity index (χ3v) is 7.15. The molecule has 2 atom stereocenters. The Bertz CT molecular complexity index is 1150. The maximum absolute atomic E-state index is 12.5. The number of carbonyl (C=O) groups is 4. The summed E-state index contributed by atoms with van der Waals surface area (Å²) in [6.07, 6.45) is 0.955. The third kappa shape index (κ3) is 3.39. The van der Waals surface area contributed by atoms with Crippen LogP contribution in [0.4, 0.5) is 9.59 Å². The van der Waals surface area contributed by atoms with Gasteiger partial charge in [0, 0.05) is 37.1 Å². The minimum atomic E-state index is -0.929. The first-order valence-electron chi connectivity index (χ1n) is 12.1. The van der Waals surface area contributed by atoms with E-state index in [0.29, 0.717) is 50.6 Å². The standard InChI is InChI=1S/2C13H14N2O3/c2*1-2-15-11(16)13(14-12(15)17)7-8-18-10-6-4-3-5-9(10)13/h2*3-6H,2,7-8H2,1H3,(H,14,17)/t2*13-/m10/s1. The largest absolute Gasteiger partial charge is 0.493 e. The molecule has 2 N–H and O–H groups in total. The van der Waals surface area contributed by atoms with E-state index in [4.69, 9.17) is 9.47 Å². The third-order valence-electron chi connectivity index (χ3n) is 7.15. The van der Waals surface area contributed by atoms with Crippen LogP contribution in [-0.4, -0.2) is 60.0 Å². The normalized spacial score (nSPS) is 25.9. The Kier molecular flexibility index (Phi) is 5.82. The number of likely N-dealkylation sites (N-methyl/N-ethyl adjacent to an activating group) is 2. The molecule has 0 saturated carbocycles. The van der Waals surface area contributed by atoms with E-state index in [1.54, 1.807) is 13.8 Å². The number of urea groups is 2. The van der Waals surface area contributed by atoms with Crippen LogP contribution in [0.3, 0.4) is 0 Å². The van der Waals surface area contributed by atoms with Crippen molar-refractivity contribution in [1.29, 1.82) is 0 Å².